The highest BCUT2D eigenvalue weighted by Crippen LogP contribution is 2.33. The maximum Gasteiger partial charge on any atom is 0.417 e. The van der Waals surface area contributed by atoms with Crippen molar-refractivity contribution >= 4 is 46.5 Å². The molecule has 1 saturated heterocycles. The summed E-state index contributed by atoms with van der Waals surface area (Å²) in [4.78, 5) is 25.8. The molecule has 0 radical (unpaired) electrons. The summed E-state index contributed by atoms with van der Waals surface area (Å²) in [5, 5.41) is 21.7. The molecule has 1 fully saturated rings. The molecule has 1 N–H and O–H groups in total. The first kappa shape index (κ1) is 20.8. The lowest BCUT2D eigenvalue weighted by Crippen LogP contribution is -2.19. The van der Waals surface area contributed by atoms with E-state index in [1.165, 1.54) is 30.5 Å². The molecular formula is C16H10F3N5O3S2. The van der Waals surface area contributed by atoms with Gasteiger partial charge in [-0.2, -0.15) is 18.3 Å². The highest BCUT2D eigenvalue weighted by Gasteiger charge is 2.30. The predicted octanol–water partition coefficient (Wildman–Crippen LogP) is 3.71. The summed E-state index contributed by atoms with van der Waals surface area (Å²) in [6, 6.07) is 6.09. The van der Waals surface area contributed by atoms with E-state index in [2.05, 4.69) is 20.5 Å². The molecule has 29 heavy (non-hydrogen) atoms. The Bertz CT molecular complexity index is 1010. The Morgan fingerprint density at radius 3 is 2.69 bits per heavy atom. The van der Waals surface area contributed by atoms with Gasteiger partial charge in [0.2, 0.25) is 5.91 Å². The number of nitro benzene ring substituents is 1. The number of thioether (sulfide) groups is 1. The molecule has 0 aliphatic carbocycles. The van der Waals surface area contributed by atoms with Gasteiger partial charge in [-0.05, 0) is 18.2 Å². The third kappa shape index (κ3) is 5.54. The Labute approximate surface area is 169 Å². The Morgan fingerprint density at radius 2 is 2.10 bits per heavy atom. The highest BCUT2D eigenvalue weighted by atomic mass is 32.2. The first-order chi connectivity index (χ1) is 13.7. The molecule has 150 valence electrons. The summed E-state index contributed by atoms with van der Waals surface area (Å²) in [6.07, 6.45) is -2.51. The van der Waals surface area contributed by atoms with Crippen molar-refractivity contribution < 1.29 is 22.9 Å². The molecule has 13 heteroatoms. The van der Waals surface area contributed by atoms with Crippen molar-refractivity contribution in [2.24, 2.45) is 10.2 Å². The van der Waals surface area contributed by atoms with E-state index < -0.39 is 16.7 Å². The van der Waals surface area contributed by atoms with Crippen molar-refractivity contribution in [2.75, 3.05) is 5.75 Å². The molecule has 0 atom stereocenters. The van der Waals surface area contributed by atoms with Crippen LogP contribution < -0.4 is 5.32 Å². The minimum atomic E-state index is -4.49. The van der Waals surface area contributed by atoms with E-state index in [9.17, 15) is 28.1 Å². The van der Waals surface area contributed by atoms with Gasteiger partial charge in [0.25, 0.3) is 5.69 Å². The number of benzene rings is 1. The SMILES string of the molecule is O=C1CSC(=NN=Cc2cc([N+](=O)[O-])ccc2Sc2ccc(C(F)(F)F)cn2)N1. The molecule has 8 nitrogen and oxygen atoms in total. The normalized spacial score (nSPS) is 15.8. The number of carbonyl (C=O) groups excluding carboxylic acids is 1. The summed E-state index contributed by atoms with van der Waals surface area (Å²) < 4.78 is 38.0. The Hall–Kier alpha value is -2.93. The number of amides is 1. The first-order valence-electron chi connectivity index (χ1n) is 7.75. The average Bonchev–Trinajstić information content (AvgIpc) is 3.07. The van der Waals surface area contributed by atoms with E-state index >= 15 is 0 Å². The monoisotopic (exact) mass is 441 g/mol. The number of halogens is 3. The molecule has 1 aliphatic heterocycles. The fraction of sp³-hybridized carbons (Fsp3) is 0.125. The quantitative estimate of drug-likeness (QED) is 0.430. The van der Waals surface area contributed by atoms with E-state index in [1.54, 1.807) is 0 Å². The van der Waals surface area contributed by atoms with Crippen LogP contribution in [-0.2, 0) is 11.0 Å². The second-order valence-electron chi connectivity index (χ2n) is 5.45. The van der Waals surface area contributed by atoms with Gasteiger partial charge >= 0.3 is 6.18 Å². The van der Waals surface area contributed by atoms with Gasteiger partial charge in [0, 0.05) is 28.8 Å². The molecule has 3 rings (SSSR count). The number of nitro groups is 1. The standard InChI is InChI=1S/C16H10F3N5O3S2/c17-16(18,19)10-1-4-14(20-7-10)29-12-3-2-11(24(26)27)5-9(12)6-21-23-15-22-13(25)8-28-15/h1-7H,8H2,(H,22,23,25). The fourth-order valence-corrected chi connectivity index (χ4v) is 3.55. The summed E-state index contributed by atoms with van der Waals surface area (Å²) in [6.45, 7) is 0. The molecule has 1 aliphatic rings. The number of hydrogen-bond acceptors (Lipinski definition) is 8. The zero-order chi connectivity index (χ0) is 21.0. The molecule has 1 amide bonds. The molecule has 0 spiro atoms. The number of non-ortho nitro benzene ring substituents is 1. The maximum atomic E-state index is 12.7. The minimum Gasteiger partial charge on any atom is -0.303 e. The Morgan fingerprint density at radius 1 is 1.31 bits per heavy atom. The molecule has 0 unspecified atom stereocenters. The number of alkyl halides is 3. The third-order valence-corrected chi connectivity index (χ3v) is 5.32. The number of nitrogens with one attached hydrogen (secondary N) is 1. The first-order valence-corrected chi connectivity index (χ1v) is 9.56. The highest BCUT2D eigenvalue weighted by molar-refractivity contribution is 8.15. The summed E-state index contributed by atoms with van der Waals surface area (Å²) in [5.41, 5.74) is -0.740. The second-order valence-corrected chi connectivity index (χ2v) is 7.48. The van der Waals surface area contributed by atoms with Crippen LogP contribution >= 0.6 is 23.5 Å². The van der Waals surface area contributed by atoms with Gasteiger partial charge in [-0.3, -0.25) is 14.9 Å². The fourth-order valence-electron chi connectivity index (χ4n) is 2.09. The lowest BCUT2D eigenvalue weighted by Gasteiger charge is -2.08. The van der Waals surface area contributed by atoms with Crippen LogP contribution in [-0.4, -0.2) is 32.9 Å². The zero-order valence-corrected chi connectivity index (χ0v) is 15.8. The van der Waals surface area contributed by atoms with E-state index in [-0.39, 0.29) is 22.4 Å². The van der Waals surface area contributed by atoms with E-state index in [1.807, 2.05) is 0 Å². The number of nitrogens with zero attached hydrogens (tertiary/aromatic N) is 4. The van der Waals surface area contributed by atoms with Gasteiger partial charge in [-0.15, -0.1) is 5.10 Å². The maximum absolute atomic E-state index is 12.7. The number of aromatic nitrogens is 1. The molecule has 0 bridgehead atoms. The van der Waals surface area contributed by atoms with Crippen LogP contribution in [0.15, 0.2) is 56.7 Å². The van der Waals surface area contributed by atoms with Gasteiger partial charge in [0.1, 0.15) is 5.03 Å². The van der Waals surface area contributed by atoms with Crippen LogP contribution in [0.3, 0.4) is 0 Å². The molecule has 0 saturated carbocycles. The van der Waals surface area contributed by atoms with Crippen molar-refractivity contribution in [1.29, 1.82) is 0 Å². The number of rotatable bonds is 5. The van der Waals surface area contributed by atoms with Gasteiger partial charge < -0.3 is 5.32 Å². The number of carbonyl (C=O) groups is 1. The number of amidine groups is 1. The van der Waals surface area contributed by atoms with E-state index in [4.69, 9.17) is 0 Å². The lowest BCUT2D eigenvalue weighted by atomic mass is 10.2. The van der Waals surface area contributed by atoms with Crippen LogP contribution in [0, 0.1) is 10.1 Å². The molecule has 1 aromatic heterocycles. The molecular weight excluding hydrogens is 431 g/mol. The lowest BCUT2D eigenvalue weighted by molar-refractivity contribution is -0.384. The predicted molar refractivity (Wildman–Crippen MR) is 102 cm³/mol. The third-order valence-electron chi connectivity index (χ3n) is 3.41. The van der Waals surface area contributed by atoms with E-state index in [0.29, 0.717) is 21.8 Å². The van der Waals surface area contributed by atoms with E-state index in [0.717, 1.165) is 29.6 Å². The van der Waals surface area contributed by atoms with Crippen LogP contribution in [0.1, 0.15) is 11.1 Å². The van der Waals surface area contributed by atoms with Gasteiger partial charge in [0.15, 0.2) is 5.17 Å². The molecule has 2 aromatic rings. The van der Waals surface area contributed by atoms with Crippen molar-refractivity contribution in [2.45, 2.75) is 16.1 Å². The zero-order valence-electron chi connectivity index (χ0n) is 14.2. The minimum absolute atomic E-state index is 0.188. The summed E-state index contributed by atoms with van der Waals surface area (Å²) in [5.74, 6) is 0.0233. The number of pyridine rings is 1. The van der Waals surface area contributed by atoms with Crippen LogP contribution in [0.5, 0.6) is 0 Å². The van der Waals surface area contributed by atoms with Gasteiger partial charge in [-0.1, -0.05) is 23.5 Å². The summed E-state index contributed by atoms with van der Waals surface area (Å²) in [7, 11) is 0. The smallest absolute Gasteiger partial charge is 0.303 e. The van der Waals surface area contributed by atoms with Crippen molar-refractivity contribution in [3.05, 3.63) is 57.8 Å². The number of hydrogen-bond donors (Lipinski definition) is 1. The van der Waals surface area contributed by atoms with Gasteiger partial charge in [0.05, 0.1) is 22.5 Å². The van der Waals surface area contributed by atoms with Crippen molar-refractivity contribution in [1.82, 2.24) is 10.3 Å². The Balaban J connectivity index is 1.85. The summed E-state index contributed by atoms with van der Waals surface area (Å²) >= 11 is 2.19. The van der Waals surface area contributed by atoms with Crippen molar-refractivity contribution in [3.63, 3.8) is 0 Å². The largest absolute Gasteiger partial charge is 0.417 e. The molecule has 1 aromatic carbocycles. The molecule has 2 heterocycles. The van der Waals surface area contributed by atoms with Crippen LogP contribution in [0.2, 0.25) is 0 Å². The van der Waals surface area contributed by atoms with Crippen LogP contribution in [0.4, 0.5) is 18.9 Å². The van der Waals surface area contributed by atoms with Gasteiger partial charge in [-0.25, -0.2) is 4.98 Å². The average molecular weight is 441 g/mol. The van der Waals surface area contributed by atoms with Crippen LogP contribution in [0.25, 0.3) is 0 Å². The second kappa shape index (κ2) is 8.61. The topological polar surface area (TPSA) is 110 Å². The van der Waals surface area contributed by atoms with Crippen molar-refractivity contribution in [3.8, 4) is 0 Å². The Kier molecular flexibility index (Phi) is 6.17.